The van der Waals surface area contributed by atoms with E-state index in [-0.39, 0.29) is 0 Å². The van der Waals surface area contributed by atoms with E-state index in [2.05, 4.69) is 33.6 Å². The third-order valence-corrected chi connectivity index (χ3v) is 5.22. The van der Waals surface area contributed by atoms with E-state index >= 15 is 0 Å². The number of benzene rings is 2. The van der Waals surface area contributed by atoms with Crippen LogP contribution in [0.25, 0.3) is 28.0 Å². The Morgan fingerprint density at radius 1 is 0.929 bits per heavy atom. The molecule has 1 aliphatic heterocycles. The Labute approximate surface area is 160 Å². The summed E-state index contributed by atoms with van der Waals surface area (Å²) in [7, 11) is 0. The molecule has 0 unspecified atom stereocenters. The van der Waals surface area contributed by atoms with Crippen LogP contribution in [-0.2, 0) is 0 Å². The summed E-state index contributed by atoms with van der Waals surface area (Å²) in [4.78, 5) is 9.59. The van der Waals surface area contributed by atoms with E-state index in [4.69, 9.17) is 15.7 Å². The van der Waals surface area contributed by atoms with Gasteiger partial charge in [0, 0.05) is 11.5 Å². The van der Waals surface area contributed by atoms with Gasteiger partial charge in [0.1, 0.15) is 0 Å². The topological polar surface area (TPSA) is 105 Å². The van der Waals surface area contributed by atoms with E-state index in [0.29, 0.717) is 11.9 Å². The van der Waals surface area contributed by atoms with E-state index in [1.807, 2.05) is 36.4 Å². The van der Waals surface area contributed by atoms with Crippen molar-refractivity contribution in [3.8, 4) is 22.4 Å². The summed E-state index contributed by atoms with van der Waals surface area (Å²) in [6.45, 7) is 0. The minimum Gasteiger partial charge on any atom is -0.368 e. The summed E-state index contributed by atoms with van der Waals surface area (Å²) >= 11 is 0. The lowest BCUT2D eigenvalue weighted by molar-refractivity contribution is 0.872. The molecule has 1 aliphatic carbocycles. The number of nitrogen functional groups attached to an aromatic ring is 1. The first kappa shape index (κ1) is 15.4. The molecule has 5 N–H and O–H groups in total. The Morgan fingerprint density at radius 2 is 1.75 bits per heavy atom. The number of nitrogens with zero attached hydrogens (tertiary/aromatic N) is 4. The van der Waals surface area contributed by atoms with Crippen LogP contribution >= 0.6 is 0 Å². The fourth-order valence-electron chi connectivity index (χ4n) is 3.64. The first-order chi connectivity index (χ1) is 13.8. The van der Waals surface area contributed by atoms with Crippen molar-refractivity contribution < 1.29 is 0 Å². The highest BCUT2D eigenvalue weighted by atomic mass is 15.6. The predicted octanol–water partition coefficient (Wildman–Crippen LogP) is 3.17. The Kier molecular flexibility index (Phi) is 3.12. The lowest BCUT2D eigenvalue weighted by Gasteiger charge is -2.12. The maximum atomic E-state index is 6.28. The third-order valence-electron chi connectivity index (χ3n) is 5.22. The Hall–Kier alpha value is -3.65. The lowest BCUT2D eigenvalue weighted by Crippen LogP contribution is -2.19. The van der Waals surface area contributed by atoms with Gasteiger partial charge in [-0.25, -0.2) is 9.97 Å². The van der Waals surface area contributed by atoms with Crippen LogP contribution in [0.3, 0.4) is 0 Å². The van der Waals surface area contributed by atoms with Crippen molar-refractivity contribution in [3.63, 3.8) is 0 Å². The van der Waals surface area contributed by atoms with Gasteiger partial charge in [0.25, 0.3) is 0 Å². The summed E-state index contributed by atoms with van der Waals surface area (Å²) in [6, 6.07) is 16.2. The highest BCUT2D eigenvalue weighted by molar-refractivity contribution is 5.93. The van der Waals surface area contributed by atoms with Gasteiger partial charge in [0.15, 0.2) is 11.5 Å². The molecule has 0 bridgehead atoms. The number of anilines is 3. The van der Waals surface area contributed by atoms with Gasteiger partial charge in [-0.15, -0.1) is 10.6 Å². The van der Waals surface area contributed by atoms with Crippen molar-refractivity contribution >= 4 is 23.0 Å². The molecule has 8 nitrogen and oxygen atoms in total. The summed E-state index contributed by atoms with van der Waals surface area (Å²) in [6.07, 6.45) is 2.26. The number of rotatable bonds is 3. The number of nitrogens with two attached hydrogens (primary N) is 1. The number of aromatic nitrogens is 4. The molecule has 4 aromatic rings. The fraction of sp³-hybridized carbons (Fsp3) is 0.150. The monoisotopic (exact) mass is 370 g/mol. The van der Waals surface area contributed by atoms with Gasteiger partial charge in [0.2, 0.25) is 5.95 Å². The van der Waals surface area contributed by atoms with Gasteiger partial charge >= 0.3 is 0 Å². The lowest BCUT2D eigenvalue weighted by atomic mass is 9.99. The van der Waals surface area contributed by atoms with Gasteiger partial charge < -0.3 is 16.6 Å². The third kappa shape index (κ3) is 2.31. The predicted molar refractivity (Wildman–Crippen MR) is 108 cm³/mol. The SMILES string of the molecule is Nc1nc(-c2ccccc2)c(-c2ccc3c(c2)NNN3)c2nc(C3CC3)nn12. The highest BCUT2D eigenvalue weighted by Gasteiger charge is 2.30. The summed E-state index contributed by atoms with van der Waals surface area (Å²) in [5.41, 5.74) is 21.8. The van der Waals surface area contributed by atoms with Crippen LogP contribution in [-0.4, -0.2) is 19.6 Å². The van der Waals surface area contributed by atoms with Crippen LogP contribution in [0.4, 0.5) is 17.3 Å². The Morgan fingerprint density at radius 3 is 2.57 bits per heavy atom. The van der Waals surface area contributed by atoms with E-state index in [1.54, 1.807) is 4.52 Å². The molecule has 0 saturated heterocycles. The van der Waals surface area contributed by atoms with Crippen LogP contribution < -0.4 is 22.1 Å². The molecule has 0 spiro atoms. The number of hydrogen-bond acceptors (Lipinski definition) is 7. The molecular weight excluding hydrogens is 352 g/mol. The first-order valence-electron chi connectivity index (χ1n) is 9.31. The molecule has 28 heavy (non-hydrogen) atoms. The molecule has 8 heteroatoms. The maximum absolute atomic E-state index is 6.28. The van der Waals surface area contributed by atoms with E-state index in [1.165, 1.54) is 0 Å². The van der Waals surface area contributed by atoms with E-state index in [0.717, 1.165) is 58.1 Å². The van der Waals surface area contributed by atoms with Gasteiger partial charge in [0.05, 0.1) is 22.6 Å². The van der Waals surface area contributed by atoms with E-state index in [9.17, 15) is 0 Å². The largest absolute Gasteiger partial charge is 0.368 e. The molecule has 6 rings (SSSR count). The highest BCUT2D eigenvalue weighted by Crippen LogP contribution is 2.41. The van der Waals surface area contributed by atoms with Crippen LogP contribution in [0.1, 0.15) is 24.6 Å². The number of fused-ring (bicyclic) bond motifs is 2. The fourth-order valence-corrected chi connectivity index (χ4v) is 3.64. The number of nitrogens with one attached hydrogen (secondary N) is 3. The second-order valence-electron chi connectivity index (χ2n) is 7.17. The number of hydrazine groups is 2. The Balaban J connectivity index is 1.67. The second kappa shape index (κ2) is 5.67. The molecule has 0 radical (unpaired) electrons. The summed E-state index contributed by atoms with van der Waals surface area (Å²) in [5, 5.41) is 4.65. The molecule has 2 aliphatic rings. The van der Waals surface area contributed by atoms with Gasteiger partial charge in [-0.05, 0) is 30.5 Å². The second-order valence-corrected chi connectivity index (χ2v) is 7.17. The summed E-state index contributed by atoms with van der Waals surface area (Å²) in [5.74, 6) is 1.63. The normalized spacial score (nSPS) is 15.3. The van der Waals surface area contributed by atoms with Crippen molar-refractivity contribution in [2.24, 2.45) is 0 Å². The van der Waals surface area contributed by atoms with Gasteiger partial charge in [-0.2, -0.15) is 4.52 Å². The molecule has 138 valence electrons. The molecule has 0 amide bonds. The standard InChI is InChI=1S/C20H18N8/c21-20-22-17(11-4-2-1-3-5-11)16(13-8-9-14-15(10-13)25-27-24-14)19-23-18(12-6-7-12)26-28(19)20/h1-5,8-10,12,24-25,27H,6-7H2,(H2,21,22). The number of hydrogen-bond donors (Lipinski definition) is 4. The molecule has 2 aromatic heterocycles. The maximum Gasteiger partial charge on any atom is 0.223 e. The molecule has 1 fully saturated rings. The van der Waals surface area contributed by atoms with Gasteiger partial charge in [-0.3, -0.25) is 0 Å². The van der Waals surface area contributed by atoms with Crippen molar-refractivity contribution in [1.82, 2.24) is 25.1 Å². The molecule has 1 saturated carbocycles. The zero-order valence-corrected chi connectivity index (χ0v) is 15.0. The van der Waals surface area contributed by atoms with Crippen LogP contribution in [0, 0.1) is 0 Å². The molecular formula is C20H18N8. The molecule has 3 heterocycles. The molecule has 2 aromatic carbocycles. The first-order valence-corrected chi connectivity index (χ1v) is 9.31. The summed E-state index contributed by atoms with van der Waals surface area (Å²) < 4.78 is 1.67. The zero-order valence-electron chi connectivity index (χ0n) is 15.0. The molecule has 0 atom stereocenters. The average Bonchev–Trinajstić information content (AvgIpc) is 3.30. The Bertz CT molecular complexity index is 1210. The minimum atomic E-state index is 0.347. The van der Waals surface area contributed by atoms with Crippen molar-refractivity contribution in [1.29, 1.82) is 0 Å². The minimum absolute atomic E-state index is 0.347. The van der Waals surface area contributed by atoms with Crippen molar-refractivity contribution in [3.05, 3.63) is 54.4 Å². The quantitative estimate of drug-likeness (QED) is 0.439. The van der Waals surface area contributed by atoms with Crippen LogP contribution in [0.2, 0.25) is 0 Å². The van der Waals surface area contributed by atoms with Crippen LogP contribution in [0.15, 0.2) is 48.5 Å². The van der Waals surface area contributed by atoms with Crippen molar-refractivity contribution in [2.75, 3.05) is 16.6 Å². The van der Waals surface area contributed by atoms with Crippen molar-refractivity contribution in [2.45, 2.75) is 18.8 Å². The van der Waals surface area contributed by atoms with Crippen LogP contribution in [0.5, 0.6) is 0 Å². The average molecular weight is 370 g/mol. The van der Waals surface area contributed by atoms with Gasteiger partial charge in [-0.1, -0.05) is 36.4 Å². The van der Waals surface area contributed by atoms with E-state index < -0.39 is 0 Å². The zero-order chi connectivity index (χ0) is 18.7. The smallest absolute Gasteiger partial charge is 0.223 e.